The molecule has 0 unspecified atom stereocenters. The molecule has 7 nitrogen and oxygen atoms in total. The van der Waals surface area contributed by atoms with Crippen LogP contribution in [0.15, 0.2) is 30.5 Å². The summed E-state index contributed by atoms with van der Waals surface area (Å²) in [6, 6.07) is 8.11. The number of ether oxygens (including phenoxy) is 1. The van der Waals surface area contributed by atoms with Crippen LogP contribution in [-0.2, 0) is 15.0 Å². The third-order valence-electron chi connectivity index (χ3n) is 6.81. The molecule has 3 rings (SSSR count). The minimum atomic E-state index is -1.99. The summed E-state index contributed by atoms with van der Waals surface area (Å²) < 4.78 is 14.3. The molecule has 3 aromatic rings. The van der Waals surface area contributed by atoms with E-state index in [1.165, 1.54) is 0 Å². The monoisotopic (exact) mass is 532 g/mol. The Morgan fingerprint density at radius 1 is 1.14 bits per heavy atom. The molecule has 1 aromatic carbocycles. The molecule has 0 spiro atoms. The number of hydrogen-bond acceptors (Lipinski definition) is 5. The van der Waals surface area contributed by atoms with Crippen molar-refractivity contribution in [3.05, 3.63) is 36.3 Å². The van der Waals surface area contributed by atoms with E-state index in [1.807, 2.05) is 45.2 Å². The van der Waals surface area contributed by atoms with Crippen molar-refractivity contribution in [2.24, 2.45) is 0 Å². The number of carbonyl (C=O) groups is 1. The predicted molar refractivity (Wildman–Crippen MR) is 150 cm³/mol. The van der Waals surface area contributed by atoms with E-state index in [0.29, 0.717) is 13.2 Å². The Bertz CT molecular complexity index is 1200. The van der Waals surface area contributed by atoms with Gasteiger partial charge < -0.3 is 19.0 Å². The van der Waals surface area contributed by atoms with Crippen LogP contribution in [0.1, 0.15) is 66.3 Å². The Kier molecular flexibility index (Phi) is 8.73. The number of alkyl halides is 1. The first-order chi connectivity index (χ1) is 16.7. The Labute approximate surface area is 221 Å². The number of rotatable bonds is 9. The maximum absolute atomic E-state index is 12.1. The van der Waals surface area contributed by atoms with Gasteiger partial charge in [0.25, 0.3) is 0 Å². The van der Waals surface area contributed by atoms with Crippen molar-refractivity contribution < 1.29 is 14.0 Å². The molecule has 1 amide bonds. The molecule has 0 aliphatic carbocycles. The number of nitrogens with one attached hydrogen (secondary N) is 1. The molecule has 2 aromatic heterocycles. The van der Waals surface area contributed by atoms with E-state index in [9.17, 15) is 4.79 Å². The molecule has 0 fully saturated rings. The van der Waals surface area contributed by atoms with Gasteiger partial charge in [0.2, 0.25) is 0 Å². The van der Waals surface area contributed by atoms with Gasteiger partial charge in [-0.15, -0.1) is 11.6 Å². The zero-order valence-electron chi connectivity index (χ0n) is 22.9. The van der Waals surface area contributed by atoms with Gasteiger partial charge in [-0.3, -0.25) is 4.98 Å². The van der Waals surface area contributed by atoms with Gasteiger partial charge in [0.1, 0.15) is 16.9 Å². The Balaban J connectivity index is 1.93. The number of halogens is 1. The van der Waals surface area contributed by atoms with Crippen LogP contribution in [-0.4, -0.2) is 47.7 Å². The molecule has 1 N–H and O–H groups in total. The van der Waals surface area contributed by atoms with Crippen LogP contribution >= 0.6 is 11.6 Å². The van der Waals surface area contributed by atoms with Crippen LogP contribution in [0, 0.1) is 0 Å². The maximum atomic E-state index is 12.1. The summed E-state index contributed by atoms with van der Waals surface area (Å²) in [6.07, 6.45) is 2.97. The topological polar surface area (TPSA) is 78.3 Å². The second-order valence-electron chi connectivity index (χ2n) is 11.8. The number of alkyl carbamates (subject to hydrolysis) is 1. The van der Waals surface area contributed by atoms with Crippen molar-refractivity contribution in [3.8, 4) is 0 Å². The quantitative estimate of drug-likeness (QED) is 0.179. The van der Waals surface area contributed by atoms with E-state index < -0.39 is 20.0 Å². The highest BCUT2D eigenvalue weighted by molar-refractivity contribution is 6.74. The number of fused-ring (bicyclic) bond motifs is 3. The zero-order chi connectivity index (χ0) is 26.7. The first-order valence-electron chi connectivity index (χ1n) is 12.6. The van der Waals surface area contributed by atoms with Gasteiger partial charge in [-0.05, 0) is 57.8 Å². The van der Waals surface area contributed by atoms with Crippen LogP contribution in [0.5, 0.6) is 0 Å². The highest BCUT2D eigenvalue weighted by Gasteiger charge is 2.38. The van der Waals surface area contributed by atoms with Gasteiger partial charge in [0.15, 0.2) is 8.32 Å². The average molecular weight is 533 g/mol. The summed E-state index contributed by atoms with van der Waals surface area (Å²) in [5.74, 6) is 1.09. The van der Waals surface area contributed by atoms with Crippen LogP contribution < -0.4 is 5.32 Å². The number of nitrogens with zero attached hydrogens (tertiary/aromatic N) is 3. The van der Waals surface area contributed by atoms with E-state index >= 15 is 0 Å². The molecule has 0 radical (unpaired) electrons. The van der Waals surface area contributed by atoms with Gasteiger partial charge in [-0.2, -0.15) is 0 Å². The normalized spacial score (nSPS) is 13.8. The molecular weight excluding hydrogens is 492 g/mol. The third-order valence-corrected chi connectivity index (χ3v) is 11.5. The van der Waals surface area contributed by atoms with E-state index in [1.54, 1.807) is 0 Å². The molecule has 0 saturated heterocycles. The third kappa shape index (κ3) is 6.78. The summed E-state index contributed by atoms with van der Waals surface area (Å²) in [5, 5.41) is 4.02. The summed E-state index contributed by atoms with van der Waals surface area (Å²) >= 11 is 6.42. The highest BCUT2D eigenvalue weighted by Crippen LogP contribution is 2.38. The second kappa shape index (κ2) is 11.1. The fourth-order valence-electron chi connectivity index (χ4n) is 3.91. The Morgan fingerprint density at radius 3 is 2.47 bits per heavy atom. The molecule has 0 aliphatic rings. The van der Waals surface area contributed by atoms with Crippen molar-refractivity contribution in [2.45, 2.75) is 90.0 Å². The van der Waals surface area contributed by atoms with Gasteiger partial charge in [0, 0.05) is 11.9 Å². The number of imidazole rings is 1. The fourth-order valence-corrected chi connectivity index (χ4v) is 5.14. The van der Waals surface area contributed by atoms with E-state index in [0.717, 1.165) is 40.6 Å². The number of benzene rings is 1. The largest absolute Gasteiger partial charge is 0.444 e. The molecule has 1 atom stereocenters. The SMILES string of the molecule is CC(C)(C)OC(=O)NCCC[C@@H](CO[Si](C)(C)C(C)(C)C)n1c(CCl)nc2cnc3ccccc3c21. The zero-order valence-corrected chi connectivity index (χ0v) is 24.7. The Morgan fingerprint density at radius 2 is 1.83 bits per heavy atom. The molecule has 198 valence electrons. The second-order valence-corrected chi connectivity index (χ2v) is 16.9. The van der Waals surface area contributed by atoms with Crippen LogP contribution in [0.25, 0.3) is 21.9 Å². The lowest BCUT2D eigenvalue weighted by Crippen LogP contribution is -2.42. The van der Waals surface area contributed by atoms with Crippen molar-refractivity contribution >= 4 is 47.9 Å². The molecule has 36 heavy (non-hydrogen) atoms. The van der Waals surface area contributed by atoms with E-state index in [-0.39, 0.29) is 17.0 Å². The van der Waals surface area contributed by atoms with Crippen molar-refractivity contribution in [2.75, 3.05) is 13.2 Å². The van der Waals surface area contributed by atoms with Crippen molar-refractivity contribution in [1.29, 1.82) is 0 Å². The number of aromatic nitrogens is 3. The molecule has 2 heterocycles. The molecule has 0 saturated carbocycles. The number of pyridine rings is 1. The highest BCUT2D eigenvalue weighted by atomic mass is 35.5. The van der Waals surface area contributed by atoms with Crippen molar-refractivity contribution in [1.82, 2.24) is 19.9 Å². The lowest BCUT2D eigenvalue weighted by Gasteiger charge is -2.37. The maximum Gasteiger partial charge on any atom is 0.407 e. The van der Waals surface area contributed by atoms with Crippen molar-refractivity contribution in [3.63, 3.8) is 0 Å². The first-order valence-corrected chi connectivity index (χ1v) is 16.1. The number of para-hydroxylation sites is 1. The lowest BCUT2D eigenvalue weighted by atomic mass is 10.1. The molecule has 0 aliphatic heterocycles. The van der Waals surface area contributed by atoms with E-state index in [2.05, 4.69) is 54.8 Å². The average Bonchev–Trinajstić information content (AvgIpc) is 3.15. The standard InChI is InChI=1S/C27H41ClN4O3Si/c1-26(2,3)35-25(33)29-15-11-12-19(18-34-36(7,8)27(4,5)6)32-23(16-28)31-22-17-30-21-14-10-9-13-20(21)24(22)32/h9-10,13-14,17,19H,11-12,15-16,18H2,1-8H3,(H,29,33)/t19-/m0/s1. The van der Waals surface area contributed by atoms with Crippen LogP contribution in [0.2, 0.25) is 18.1 Å². The summed E-state index contributed by atoms with van der Waals surface area (Å²) in [7, 11) is -1.99. The van der Waals surface area contributed by atoms with Gasteiger partial charge in [-0.1, -0.05) is 39.0 Å². The fraction of sp³-hybridized carbons (Fsp3) is 0.593. The number of amides is 1. The summed E-state index contributed by atoms with van der Waals surface area (Å²) in [6.45, 7) is 17.9. The van der Waals surface area contributed by atoms with E-state index in [4.69, 9.17) is 25.7 Å². The first kappa shape index (κ1) is 28.4. The minimum Gasteiger partial charge on any atom is -0.444 e. The Hall–Kier alpha value is -2.16. The molecule has 0 bridgehead atoms. The minimum absolute atomic E-state index is 0.00381. The predicted octanol–water partition coefficient (Wildman–Crippen LogP) is 7.19. The van der Waals surface area contributed by atoms with Crippen LogP contribution in [0.3, 0.4) is 0 Å². The molecule has 9 heteroatoms. The number of hydrogen-bond donors (Lipinski definition) is 1. The van der Waals surface area contributed by atoms with Crippen LogP contribution in [0.4, 0.5) is 4.79 Å². The van der Waals surface area contributed by atoms with Gasteiger partial charge in [0.05, 0.1) is 35.8 Å². The lowest BCUT2D eigenvalue weighted by molar-refractivity contribution is 0.0526. The number of carbonyl (C=O) groups excluding carboxylic acids is 1. The van der Waals surface area contributed by atoms with Gasteiger partial charge >= 0.3 is 6.09 Å². The summed E-state index contributed by atoms with van der Waals surface area (Å²) in [4.78, 5) is 21.6. The molecular formula is C27H41ClN4O3Si. The van der Waals surface area contributed by atoms with Gasteiger partial charge in [-0.25, -0.2) is 9.78 Å². The smallest absolute Gasteiger partial charge is 0.407 e. The summed E-state index contributed by atoms with van der Waals surface area (Å²) in [5.41, 5.74) is 2.25.